The van der Waals surface area contributed by atoms with Gasteiger partial charge in [0.2, 0.25) is 6.41 Å². The fourth-order valence-corrected chi connectivity index (χ4v) is 4.36. The van der Waals surface area contributed by atoms with Crippen LogP contribution in [0.4, 0.5) is 5.82 Å². The Morgan fingerprint density at radius 1 is 1.37 bits per heavy atom. The minimum atomic E-state index is 0.311. The Morgan fingerprint density at radius 2 is 2.30 bits per heavy atom. The number of carbonyl (C=O) groups excluding carboxylic acids is 1. The summed E-state index contributed by atoms with van der Waals surface area (Å²) in [5.74, 6) is 0.755. The van der Waals surface area contributed by atoms with E-state index < -0.39 is 0 Å². The zero-order valence-corrected chi connectivity index (χ0v) is 15.8. The number of rotatable bonds is 6. The standard InChI is InChI=1S/C20H21N5OS/c26-13-25(15-1-2-15)19-11-18(17-4-7-21-20(17)23-19)14-5-9-24(10-6-14)12-16-3-8-22-27-16/h3-5,7-8,11,13,15H,1-2,6,9-10,12H2,(H,21,23). The Balaban J connectivity index is 1.44. The molecule has 138 valence electrons. The van der Waals surface area contributed by atoms with Crippen molar-refractivity contribution in [1.82, 2.24) is 19.2 Å². The van der Waals surface area contributed by atoms with Crippen LogP contribution in [0.2, 0.25) is 0 Å². The van der Waals surface area contributed by atoms with Gasteiger partial charge in [-0.25, -0.2) is 9.36 Å². The summed E-state index contributed by atoms with van der Waals surface area (Å²) in [4.78, 5) is 25.0. The minimum Gasteiger partial charge on any atom is -0.346 e. The van der Waals surface area contributed by atoms with Crippen LogP contribution in [0.5, 0.6) is 0 Å². The molecule has 0 bridgehead atoms. The van der Waals surface area contributed by atoms with Crippen LogP contribution in [0.25, 0.3) is 16.6 Å². The van der Waals surface area contributed by atoms with Crippen LogP contribution < -0.4 is 4.90 Å². The summed E-state index contributed by atoms with van der Waals surface area (Å²) in [6.07, 6.45) is 10.1. The first kappa shape index (κ1) is 16.6. The highest BCUT2D eigenvalue weighted by Gasteiger charge is 2.30. The molecule has 7 heteroatoms. The van der Waals surface area contributed by atoms with Crippen molar-refractivity contribution in [1.29, 1.82) is 0 Å². The SMILES string of the molecule is O=CN(c1cc(C2=CCN(Cc3ccns3)CC2)c2cc[nH]c2n1)C1CC1. The largest absolute Gasteiger partial charge is 0.346 e. The first-order valence-electron chi connectivity index (χ1n) is 9.35. The Morgan fingerprint density at radius 3 is 3.00 bits per heavy atom. The van der Waals surface area contributed by atoms with Crippen LogP contribution in [0.15, 0.2) is 36.7 Å². The highest BCUT2D eigenvalue weighted by Crippen LogP contribution is 2.35. The fourth-order valence-electron chi connectivity index (χ4n) is 3.75. The molecule has 4 heterocycles. The van der Waals surface area contributed by atoms with Crippen molar-refractivity contribution in [2.45, 2.75) is 31.8 Å². The van der Waals surface area contributed by atoms with E-state index >= 15 is 0 Å². The van der Waals surface area contributed by atoms with Gasteiger partial charge in [-0.3, -0.25) is 14.6 Å². The molecule has 1 aliphatic carbocycles. The maximum Gasteiger partial charge on any atom is 0.215 e. The summed E-state index contributed by atoms with van der Waals surface area (Å²) in [7, 11) is 0. The van der Waals surface area contributed by atoms with Crippen LogP contribution in [0, 0.1) is 0 Å². The number of nitrogens with one attached hydrogen (secondary N) is 1. The molecular formula is C20H21N5OS. The van der Waals surface area contributed by atoms with E-state index in [0.29, 0.717) is 6.04 Å². The van der Waals surface area contributed by atoms with E-state index in [1.165, 1.54) is 16.0 Å². The molecule has 5 rings (SSSR count). The second-order valence-corrected chi connectivity index (χ2v) is 8.12. The van der Waals surface area contributed by atoms with Crippen molar-refractivity contribution in [3.8, 4) is 0 Å². The molecule has 0 atom stereocenters. The van der Waals surface area contributed by atoms with Crippen molar-refractivity contribution in [3.05, 3.63) is 47.1 Å². The van der Waals surface area contributed by atoms with E-state index in [0.717, 1.165) is 62.2 Å². The topological polar surface area (TPSA) is 65.1 Å². The highest BCUT2D eigenvalue weighted by molar-refractivity contribution is 7.05. The monoisotopic (exact) mass is 379 g/mol. The summed E-state index contributed by atoms with van der Waals surface area (Å²) in [6, 6.07) is 6.57. The number of hydrogen-bond acceptors (Lipinski definition) is 5. The van der Waals surface area contributed by atoms with E-state index in [4.69, 9.17) is 0 Å². The van der Waals surface area contributed by atoms with Gasteiger partial charge in [-0.1, -0.05) is 6.08 Å². The number of nitrogens with zero attached hydrogens (tertiary/aromatic N) is 4. The molecule has 0 saturated heterocycles. The molecule has 3 aromatic rings. The predicted molar refractivity (Wildman–Crippen MR) is 108 cm³/mol. The lowest BCUT2D eigenvalue weighted by molar-refractivity contribution is -0.107. The maximum atomic E-state index is 11.6. The fraction of sp³-hybridized carbons (Fsp3) is 0.350. The zero-order chi connectivity index (χ0) is 18.2. The lowest BCUT2D eigenvalue weighted by atomic mass is 9.97. The first-order chi connectivity index (χ1) is 13.3. The molecule has 1 N–H and O–H groups in total. The number of aromatic nitrogens is 3. The van der Waals surface area contributed by atoms with Gasteiger partial charge in [0.1, 0.15) is 11.5 Å². The molecule has 1 amide bonds. The number of H-pyrrole nitrogens is 1. The molecule has 0 aromatic carbocycles. The summed E-state index contributed by atoms with van der Waals surface area (Å²) >= 11 is 1.57. The molecule has 0 unspecified atom stereocenters. The second kappa shape index (κ2) is 6.90. The van der Waals surface area contributed by atoms with E-state index in [1.54, 1.807) is 16.4 Å². The smallest absolute Gasteiger partial charge is 0.215 e. The molecule has 2 aliphatic rings. The zero-order valence-electron chi connectivity index (χ0n) is 15.0. The highest BCUT2D eigenvalue weighted by atomic mass is 32.1. The van der Waals surface area contributed by atoms with Gasteiger partial charge in [0, 0.05) is 48.3 Å². The lowest BCUT2D eigenvalue weighted by Crippen LogP contribution is -2.28. The third kappa shape index (κ3) is 3.28. The Hall–Kier alpha value is -2.51. The predicted octanol–water partition coefficient (Wildman–Crippen LogP) is 3.43. The van der Waals surface area contributed by atoms with E-state index in [-0.39, 0.29) is 0 Å². The van der Waals surface area contributed by atoms with Gasteiger partial charge >= 0.3 is 0 Å². The van der Waals surface area contributed by atoms with Gasteiger partial charge in [-0.15, -0.1) is 0 Å². The average Bonchev–Trinajstić information content (AvgIpc) is 3.18. The molecule has 0 spiro atoms. The maximum absolute atomic E-state index is 11.6. The normalized spacial score (nSPS) is 17.9. The van der Waals surface area contributed by atoms with Crippen LogP contribution in [-0.4, -0.2) is 44.8 Å². The number of pyridine rings is 1. The Bertz CT molecular complexity index is 989. The molecule has 0 radical (unpaired) electrons. The number of hydrogen-bond donors (Lipinski definition) is 1. The van der Waals surface area contributed by atoms with Crippen molar-refractivity contribution in [2.24, 2.45) is 0 Å². The molecule has 3 aromatic heterocycles. The van der Waals surface area contributed by atoms with Crippen molar-refractivity contribution in [3.63, 3.8) is 0 Å². The first-order valence-corrected chi connectivity index (χ1v) is 10.1. The number of anilines is 1. The van der Waals surface area contributed by atoms with Crippen molar-refractivity contribution >= 4 is 40.4 Å². The number of amides is 1. The number of carbonyl (C=O) groups is 1. The minimum absolute atomic E-state index is 0.311. The van der Waals surface area contributed by atoms with Gasteiger partial charge in [0.15, 0.2) is 0 Å². The number of fused-ring (bicyclic) bond motifs is 1. The molecule has 6 nitrogen and oxygen atoms in total. The average molecular weight is 379 g/mol. The third-order valence-corrected chi connectivity index (χ3v) is 6.07. The van der Waals surface area contributed by atoms with Crippen LogP contribution in [0.1, 0.15) is 29.7 Å². The van der Waals surface area contributed by atoms with Gasteiger partial charge in [-0.05, 0) is 60.1 Å². The van der Waals surface area contributed by atoms with Crippen molar-refractivity contribution in [2.75, 3.05) is 18.0 Å². The summed E-state index contributed by atoms with van der Waals surface area (Å²) in [6.45, 7) is 2.90. The summed E-state index contributed by atoms with van der Waals surface area (Å²) in [5, 5.41) is 1.13. The van der Waals surface area contributed by atoms with Gasteiger partial charge < -0.3 is 4.98 Å². The van der Waals surface area contributed by atoms with Crippen LogP contribution in [-0.2, 0) is 11.3 Å². The molecule has 1 fully saturated rings. The third-order valence-electron chi connectivity index (χ3n) is 5.34. The van der Waals surface area contributed by atoms with Crippen LogP contribution >= 0.6 is 11.5 Å². The summed E-state index contributed by atoms with van der Waals surface area (Å²) in [5.41, 5.74) is 3.38. The summed E-state index contributed by atoms with van der Waals surface area (Å²) < 4.78 is 4.19. The van der Waals surface area contributed by atoms with Gasteiger partial charge in [-0.2, -0.15) is 0 Å². The molecule has 1 aliphatic heterocycles. The lowest BCUT2D eigenvalue weighted by Gasteiger charge is -2.26. The van der Waals surface area contributed by atoms with Crippen LogP contribution in [0.3, 0.4) is 0 Å². The number of aromatic amines is 1. The quantitative estimate of drug-likeness (QED) is 0.667. The van der Waals surface area contributed by atoms with E-state index in [9.17, 15) is 4.79 Å². The van der Waals surface area contributed by atoms with Crippen molar-refractivity contribution < 1.29 is 4.79 Å². The van der Waals surface area contributed by atoms with E-state index in [2.05, 4.69) is 43.5 Å². The molecule has 1 saturated carbocycles. The molecule has 27 heavy (non-hydrogen) atoms. The van der Waals surface area contributed by atoms with E-state index in [1.807, 2.05) is 12.4 Å². The van der Waals surface area contributed by atoms with Gasteiger partial charge in [0.05, 0.1) is 0 Å². The Kier molecular flexibility index (Phi) is 4.26. The second-order valence-electron chi connectivity index (χ2n) is 7.21. The van der Waals surface area contributed by atoms with Gasteiger partial charge in [0.25, 0.3) is 0 Å². The molecular weight excluding hydrogens is 358 g/mol. The Labute approximate surface area is 161 Å².